The van der Waals surface area contributed by atoms with Crippen LogP contribution in [0, 0.1) is 0 Å². The van der Waals surface area contributed by atoms with Crippen molar-refractivity contribution in [2.24, 2.45) is 10.2 Å². The van der Waals surface area contributed by atoms with Gasteiger partial charge in [-0.3, -0.25) is 4.55 Å². The maximum atomic E-state index is 11.7. The molecule has 0 amide bonds. The third kappa shape index (κ3) is 4.37. The van der Waals surface area contributed by atoms with Gasteiger partial charge in [0.1, 0.15) is 16.3 Å². The van der Waals surface area contributed by atoms with Crippen LogP contribution in [0.5, 0.6) is 0 Å². The third-order valence-electron chi connectivity index (χ3n) is 3.48. The molecule has 0 saturated heterocycles. The van der Waals surface area contributed by atoms with E-state index >= 15 is 0 Å². The Hall–Kier alpha value is -1.19. The smallest absolute Gasteiger partial charge is 0.295 e. The van der Waals surface area contributed by atoms with Crippen LogP contribution in [-0.4, -0.2) is 42.5 Å². The van der Waals surface area contributed by atoms with Crippen molar-refractivity contribution in [3.63, 3.8) is 0 Å². The van der Waals surface area contributed by atoms with Gasteiger partial charge < -0.3 is 5.73 Å². The van der Waals surface area contributed by atoms with Crippen LogP contribution in [-0.2, 0) is 10.1 Å². The summed E-state index contributed by atoms with van der Waals surface area (Å²) in [6.07, 6.45) is 0. The molecule has 3 aromatic rings. The largest absolute Gasteiger partial charge is 0.396 e. The molecular formula is C16H11Cl2N3NaO3S. The Morgan fingerprint density at radius 1 is 0.923 bits per heavy atom. The Morgan fingerprint density at radius 2 is 1.54 bits per heavy atom. The molecule has 0 saturated carbocycles. The normalized spacial score (nSPS) is 11.7. The van der Waals surface area contributed by atoms with E-state index in [0.29, 0.717) is 21.5 Å². The van der Waals surface area contributed by atoms with Crippen LogP contribution in [0.25, 0.3) is 10.8 Å². The van der Waals surface area contributed by atoms with Crippen molar-refractivity contribution < 1.29 is 13.0 Å². The summed E-state index contributed by atoms with van der Waals surface area (Å²) in [5.74, 6) is 0. The summed E-state index contributed by atoms with van der Waals surface area (Å²) >= 11 is 11.9. The molecule has 0 fully saturated rings. The standard InChI is InChI=1S/C16H11Cl2N3O3S.Na/c17-9-5-6-13(12(18)7-9)20-21-14-8-15(25(22,23)24)10-3-1-2-4-11(10)16(14)19;/h1-8H,19H2,(H,22,23,24);. The fraction of sp³-hybridized carbons (Fsp3) is 0. The maximum Gasteiger partial charge on any atom is 0.295 e. The van der Waals surface area contributed by atoms with E-state index in [2.05, 4.69) is 10.2 Å². The van der Waals surface area contributed by atoms with Crippen LogP contribution in [0.1, 0.15) is 0 Å². The number of fused-ring (bicyclic) bond motifs is 1. The molecule has 0 aliphatic rings. The van der Waals surface area contributed by atoms with E-state index < -0.39 is 10.1 Å². The minimum atomic E-state index is -4.47. The number of azo groups is 1. The van der Waals surface area contributed by atoms with E-state index in [1.807, 2.05) is 0 Å². The minimum absolute atomic E-state index is 0. The summed E-state index contributed by atoms with van der Waals surface area (Å²) < 4.78 is 32.9. The molecule has 1 radical (unpaired) electrons. The van der Waals surface area contributed by atoms with Gasteiger partial charge in [0, 0.05) is 45.4 Å². The molecular weight excluding hydrogens is 408 g/mol. The Balaban J connectivity index is 0.00000243. The van der Waals surface area contributed by atoms with Crippen molar-refractivity contribution in [1.29, 1.82) is 0 Å². The van der Waals surface area contributed by atoms with Crippen molar-refractivity contribution in [3.05, 3.63) is 58.6 Å². The summed E-state index contributed by atoms with van der Waals surface area (Å²) in [6, 6.07) is 12.4. The van der Waals surface area contributed by atoms with Crippen molar-refractivity contribution in [2.75, 3.05) is 5.73 Å². The van der Waals surface area contributed by atoms with Gasteiger partial charge in [0.05, 0.1) is 10.7 Å². The van der Waals surface area contributed by atoms with Gasteiger partial charge in [-0.25, -0.2) is 0 Å². The molecule has 6 nitrogen and oxygen atoms in total. The van der Waals surface area contributed by atoms with Gasteiger partial charge in [0.2, 0.25) is 0 Å². The summed E-state index contributed by atoms with van der Waals surface area (Å²) in [5, 5.41) is 9.44. The molecule has 0 heterocycles. The molecule has 3 aromatic carbocycles. The average Bonchev–Trinajstić information content (AvgIpc) is 2.54. The molecule has 0 aromatic heterocycles. The summed E-state index contributed by atoms with van der Waals surface area (Å²) in [4.78, 5) is -0.298. The van der Waals surface area contributed by atoms with Crippen LogP contribution in [0.3, 0.4) is 0 Å². The summed E-state index contributed by atoms with van der Waals surface area (Å²) in [7, 11) is -4.47. The predicted octanol–water partition coefficient (Wildman–Crippen LogP) is 5.01. The van der Waals surface area contributed by atoms with Crippen molar-refractivity contribution in [2.45, 2.75) is 4.90 Å². The number of benzene rings is 3. The van der Waals surface area contributed by atoms with Crippen LogP contribution in [0.2, 0.25) is 10.0 Å². The zero-order chi connectivity index (χ0) is 18.2. The topological polar surface area (TPSA) is 105 Å². The van der Waals surface area contributed by atoms with Crippen molar-refractivity contribution >= 4 is 90.7 Å². The van der Waals surface area contributed by atoms with Gasteiger partial charge in [0.15, 0.2) is 0 Å². The maximum absolute atomic E-state index is 11.7. The van der Waals surface area contributed by atoms with E-state index in [4.69, 9.17) is 28.9 Å². The van der Waals surface area contributed by atoms with Gasteiger partial charge >= 0.3 is 0 Å². The molecule has 10 heteroatoms. The Morgan fingerprint density at radius 3 is 2.15 bits per heavy atom. The minimum Gasteiger partial charge on any atom is -0.396 e. The van der Waals surface area contributed by atoms with Crippen LogP contribution >= 0.6 is 23.2 Å². The number of nitrogen functional groups attached to an aromatic ring is 1. The van der Waals surface area contributed by atoms with Gasteiger partial charge in [-0.05, 0) is 24.3 Å². The number of hydrogen-bond donors (Lipinski definition) is 2. The Kier molecular flexibility index (Phi) is 6.68. The molecule has 0 bridgehead atoms. The number of hydrogen-bond acceptors (Lipinski definition) is 5. The monoisotopic (exact) mass is 418 g/mol. The second-order valence-electron chi connectivity index (χ2n) is 5.12. The quantitative estimate of drug-likeness (QED) is 0.269. The number of nitrogens with zero attached hydrogens (tertiary/aromatic N) is 2. The Labute approximate surface area is 182 Å². The number of anilines is 1. The van der Waals surface area contributed by atoms with Crippen LogP contribution in [0.15, 0.2) is 63.7 Å². The third-order valence-corrected chi connectivity index (χ3v) is 4.91. The van der Waals surface area contributed by atoms with Crippen molar-refractivity contribution in [3.8, 4) is 0 Å². The SMILES string of the molecule is Nc1c(N=Nc2ccc(Cl)cc2Cl)cc(S(=O)(=O)O)c2ccccc12.[Na]. The molecule has 0 aliphatic heterocycles. The van der Waals surface area contributed by atoms with Crippen LogP contribution < -0.4 is 5.73 Å². The average molecular weight is 419 g/mol. The second-order valence-corrected chi connectivity index (χ2v) is 7.36. The molecule has 0 unspecified atom stereocenters. The predicted molar refractivity (Wildman–Crippen MR) is 105 cm³/mol. The van der Waals surface area contributed by atoms with Crippen LogP contribution in [0.4, 0.5) is 17.1 Å². The zero-order valence-electron chi connectivity index (χ0n) is 13.5. The zero-order valence-corrected chi connectivity index (χ0v) is 17.8. The van der Waals surface area contributed by atoms with E-state index in [0.717, 1.165) is 0 Å². The molecule has 3 N–H and O–H groups in total. The van der Waals surface area contributed by atoms with E-state index in [1.165, 1.54) is 12.1 Å². The summed E-state index contributed by atoms with van der Waals surface area (Å²) in [5.41, 5.74) is 6.74. The van der Waals surface area contributed by atoms with Crippen molar-refractivity contribution in [1.82, 2.24) is 0 Å². The van der Waals surface area contributed by atoms with Gasteiger partial charge in [-0.2, -0.15) is 8.42 Å². The molecule has 0 aliphatic carbocycles. The molecule has 129 valence electrons. The van der Waals surface area contributed by atoms with E-state index in [9.17, 15) is 13.0 Å². The molecule has 0 atom stereocenters. The molecule has 0 spiro atoms. The van der Waals surface area contributed by atoms with Gasteiger partial charge in [-0.1, -0.05) is 47.5 Å². The number of nitrogens with two attached hydrogens (primary N) is 1. The number of rotatable bonds is 3. The fourth-order valence-corrected chi connectivity index (χ4v) is 3.48. The molecule has 3 rings (SSSR count). The number of halogens is 2. The fourth-order valence-electron chi connectivity index (χ4n) is 2.32. The van der Waals surface area contributed by atoms with E-state index in [-0.39, 0.29) is 50.9 Å². The first kappa shape index (κ1) is 21.1. The Bertz CT molecular complexity index is 1120. The summed E-state index contributed by atoms with van der Waals surface area (Å²) in [6.45, 7) is 0. The van der Waals surface area contributed by atoms with Gasteiger partial charge in [-0.15, -0.1) is 10.2 Å². The molecule has 26 heavy (non-hydrogen) atoms. The van der Waals surface area contributed by atoms with Gasteiger partial charge in [0.25, 0.3) is 10.1 Å². The first-order valence-electron chi connectivity index (χ1n) is 6.93. The van der Waals surface area contributed by atoms with E-state index in [1.54, 1.807) is 36.4 Å². The first-order chi connectivity index (χ1) is 11.8. The second kappa shape index (κ2) is 8.22. The first-order valence-corrected chi connectivity index (χ1v) is 9.12.